The molecule has 6 heteroatoms. The molecule has 0 bridgehead atoms. The quantitative estimate of drug-likeness (QED) is 0.922. The predicted octanol–water partition coefficient (Wildman–Crippen LogP) is 2.44. The van der Waals surface area contributed by atoms with Gasteiger partial charge in [0.1, 0.15) is 0 Å². The zero-order valence-corrected chi connectivity index (χ0v) is 15.2. The summed E-state index contributed by atoms with van der Waals surface area (Å²) in [5.41, 5.74) is 3.01. The van der Waals surface area contributed by atoms with Crippen molar-refractivity contribution in [2.45, 2.75) is 43.9 Å². The molecule has 130 valence electrons. The first-order valence-electron chi connectivity index (χ1n) is 8.29. The van der Waals surface area contributed by atoms with Crippen LogP contribution in [0.25, 0.3) is 10.9 Å². The Labute approximate surface area is 143 Å². The number of nitrogens with one attached hydrogen (secondary N) is 1. The molecule has 1 aromatic heterocycles. The van der Waals surface area contributed by atoms with E-state index < -0.39 is 15.1 Å². The second kappa shape index (κ2) is 6.24. The number of amides is 1. The van der Waals surface area contributed by atoms with Crippen molar-refractivity contribution in [3.63, 3.8) is 0 Å². The summed E-state index contributed by atoms with van der Waals surface area (Å²) in [6, 6.07) is 7.72. The van der Waals surface area contributed by atoms with Crippen LogP contribution in [0.15, 0.2) is 24.3 Å². The zero-order chi connectivity index (χ0) is 17.5. The normalized spacial score (nSPS) is 21.3. The summed E-state index contributed by atoms with van der Waals surface area (Å²) in [4.78, 5) is 17.7. The number of hydrogen-bond donors (Lipinski definition) is 1. The van der Waals surface area contributed by atoms with Gasteiger partial charge in [-0.2, -0.15) is 0 Å². The van der Waals surface area contributed by atoms with E-state index in [9.17, 15) is 13.2 Å². The van der Waals surface area contributed by atoms with Crippen LogP contribution < -0.4 is 0 Å². The SMILES string of the molecule is Cc1[nH]c2ccccc2c1CC(=O)N(C)[C@H]1CCC[C@@H]1S(C)(=O)=O. The van der Waals surface area contributed by atoms with Crippen LogP contribution in [0.5, 0.6) is 0 Å². The van der Waals surface area contributed by atoms with Gasteiger partial charge in [-0.3, -0.25) is 4.79 Å². The van der Waals surface area contributed by atoms with Crippen molar-refractivity contribution in [3.05, 3.63) is 35.5 Å². The molecule has 2 atom stereocenters. The van der Waals surface area contributed by atoms with Crippen molar-refractivity contribution in [3.8, 4) is 0 Å². The summed E-state index contributed by atoms with van der Waals surface area (Å²) >= 11 is 0. The average Bonchev–Trinajstić information content (AvgIpc) is 3.12. The molecule has 1 aliphatic rings. The lowest BCUT2D eigenvalue weighted by Gasteiger charge is -2.29. The number of aromatic amines is 1. The van der Waals surface area contributed by atoms with Crippen molar-refractivity contribution >= 4 is 26.6 Å². The van der Waals surface area contributed by atoms with E-state index in [0.29, 0.717) is 12.8 Å². The molecular weight excluding hydrogens is 324 g/mol. The van der Waals surface area contributed by atoms with Gasteiger partial charge in [-0.05, 0) is 37.8 Å². The number of likely N-dealkylation sites (N-methyl/N-ethyl adjacent to an activating group) is 1. The van der Waals surface area contributed by atoms with Gasteiger partial charge in [0.25, 0.3) is 0 Å². The van der Waals surface area contributed by atoms with Crippen LogP contribution in [0.4, 0.5) is 0 Å². The molecule has 0 aliphatic heterocycles. The van der Waals surface area contributed by atoms with Gasteiger partial charge in [0.05, 0.1) is 11.7 Å². The number of para-hydroxylation sites is 1. The van der Waals surface area contributed by atoms with Crippen LogP contribution in [-0.4, -0.2) is 48.8 Å². The number of hydrogen-bond acceptors (Lipinski definition) is 3. The standard InChI is InChI=1S/C18H24N2O3S/c1-12-14(13-7-4-5-8-15(13)19-12)11-18(21)20(2)16-9-6-10-17(16)24(3,22)23/h4-5,7-8,16-17,19H,6,9-11H2,1-3H3/t16-,17-/m0/s1. The number of aryl methyl sites for hydroxylation is 1. The Kier molecular flexibility index (Phi) is 4.42. The van der Waals surface area contributed by atoms with Crippen LogP contribution in [-0.2, 0) is 21.1 Å². The van der Waals surface area contributed by atoms with E-state index in [0.717, 1.165) is 35.0 Å². The van der Waals surface area contributed by atoms with Crippen molar-refractivity contribution in [1.82, 2.24) is 9.88 Å². The molecule has 5 nitrogen and oxygen atoms in total. The van der Waals surface area contributed by atoms with Crippen molar-refractivity contribution < 1.29 is 13.2 Å². The summed E-state index contributed by atoms with van der Waals surface area (Å²) in [6.07, 6.45) is 3.82. The summed E-state index contributed by atoms with van der Waals surface area (Å²) in [7, 11) is -1.40. The van der Waals surface area contributed by atoms with Gasteiger partial charge in [-0.25, -0.2) is 8.42 Å². The lowest BCUT2D eigenvalue weighted by molar-refractivity contribution is -0.131. The molecule has 1 N–H and O–H groups in total. The van der Waals surface area contributed by atoms with Gasteiger partial charge >= 0.3 is 0 Å². The van der Waals surface area contributed by atoms with E-state index >= 15 is 0 Å². The number of aromatic nitrogens is 1. The molecule has 0 spiro atoms. The van der Waals surface area contributed by atoms with Gasteiger partial charge in [0, 0.05) is 35.9 Å². The summed E-state index contributed by atoms with van der Waals surface area (Å²) in [5.74, 6) is -0.0246. The third kappa shape index (κ3) is 3.07. The predicted molar refractivity (Wildman–Crippen MR) is 95.8 cm³/mol. The maximum absolute atomic E-state index is 12.8. The Bertz CT molecular complexity index is 870. The molecule has 1 saturated carbocycles. The number of carbonyl (C=O) groups is 1. The fourth-order valence-electron chi connectivity index (χ4n) is 3.87. The first-order valence-corrected chi connectivity index (χ1v) is 10.2. The molecule has 1 aliphatic carbocycles. The van der Waals surface area contributed by atoms with Crippen LogP contribution in [0.1, 0.15) is 30.5 Å². The van der Waals surface area contributed by atoms with E-state index in [1.54, 1.807) is 11.9 Å². The van der Waals surface area contributed by atoms with Gasteiger partial charge in [-0.15, -0.1) is 0 Å². The summed E-state index contributed by atoms with van der Waals surface area (Å²) in [6.45, 7) is 1.97. The smallest absolute Gasteiger partial charge is 0.227 e. The Morgan fingerprint density at radius 3 is 2.71 bits per heavy atom. The van der Waals surface area contributed by atoms with Gasteiger partial charge < -0.3 is 9.88 Å². The highest BCUT2D eigenvalue weighted by atomic mass is 32.2. The Hall–Kier alpha value is -1.82. The second-order valence-electron chi connectivity index (χ2n) is 6.82. The lowest BCUT2D eigenvalue weighted by Crippen LogP contribution is -2.45. The topological polar surface area (TPSA) is 70.2 Å². The number of rotatable bonds is 4. The highest BCUT2D eigenvalue weighted by molar-refractivity contribution is 7.91. The lowest BCUT2D eigenvalue weighted by atomic mass is 10.1. The Morgan fingerprint density at radius 2 is 2.00 bits per heavy atom. The molecule has 1 amide bonds. The van der Waals surface area contributed by atoms with Crippen molar-refractivity contribution in [1.29, 1.82) is 0 Å². The molecule has 24 heavy (non-hydrogen) atoms. The Balaban J connectivity index is 1.83. The van der Waals surface area contributed by atoms with Gasteiger partial charge in [0.2, 0.25) is 5.91 Å². The van der Waals surface area contributed by atoms with Crippen LogP contribution in [0.3, 0.4) is 0 Å². The van der Waals surface area contributed by atoms with Gasteiger partial charge in [-0.1, -0.05) is 18.2 Å². The fraction of sp³-hybridized carbons (Fsp3) is 0.500. The number of H-pyrrole nitrogens is 1. The number of carbonyl (C=O) groups excluding carboxylic acids is 1. The first-order chi connectivity index (χ1) is 11.3. The molecule has 1 aromatic carbocycles. The van der Waals surface area contributed by atoms with Crippen LogP contribution in [0, 0.1) is 6.92 Å². The monoisotopic (exact) mass is 348 g/mol. The van der Waals surface area contributed by atoms with E-state index in [1.165, 1.54) is 6.26 Å². The highest BCUT2D eigenvalue weighted by Gasteiger charge is 2.38. The highest BCUT2D eigenvalue weighted by Crippen LogP contribution is 2.30. The average molecular weight is 348 g/mol. The van der Waals surface area contributed by atoms with Crippen molar-refractivity contribution in [2.24, 2.45) is 0 Å². The maximum Gasteiger partial charge on any atom is 0.227 e. The first kappa shape index (κ1) is 17.0. The maximum atomic E-state index is 12.8. The number of nitrogens with zero attached hydrogens (tertiary/aromatic N) is 1. The number of benzene rings is 1. The fourth-order valence-corrected chi connectivity index (χ4v) is 5.36. The molecule has 0 radical (unpaired) electrons. The van der Waals surface area contributed by atoms with E-state index in [1.807, 2.05) is 31.2 Å². The zero-order valence-electron chi connectivity index (χ0n) is 14.4. The third-order valence-corrected chi connectivity index (χ3v) is 6.86. The van der Waals surface area contributed by atoms with Crippen LogP contribution >= 0.6 is 0 Å². The van der Waals surface area contributed by atoms with E-state index in [4.69, 9.17) is 0 Å². The molecule has 0 saturated heterocycles. The molecule has 3 rings (SSSR count). The minimum atomic E-state index is -3.14. The molecular formula is C18H24N2O3S. The largest absolute Gasteiger partial charge is 0.358 e. The Morgan fingerprint density at radius 1 is 1.29 bits per heavy atom. The van der Waals surface area contributed by atoms with Crippen molar-refractivity contribution in [2.75, 3.05) is 13.3 Å². The van der Waals surface area contributed by atoms with E-state index in [-0.39, 0.29) is 11.9 Å². The molecule has 0 unspecified atom stereocenters. The third-order valence-electron chi connectivity index (χ3n) is 5.21. The minimum absolute atomic E-state index is 0.0246. The summed E-state index contributed by atoms with van der Waals surface area (Å²) in [5, 5.41) is 0.623. The number of sulfone groups is 1. The summed E-state index contributed by atoms with van der Waals surface area (Å²) < 4.78 is 23.9. The van der Waals surface area contributed by atoms with Crippen LogP contribution in [0.2, 0.25) is 0 Å². The second-order valence-corrected chi connectivity index (χ2v) is 9.09. The minimum Gasteiger partial charge on any atom is -0.358 e. The molecule has 1 heterocycles. The molecule has 2 aromatic rings. The van der Waals surface area contributed by atoms with Gasteiger partial charge in [0.15, 0.2) is 9.84 Å². The molecule has 1 fully saturated rings. The number of fused-ring (bicyclic) bond motifs is 1. The van der Waals surface area contributed by atoms with E-state index in [2.05, 4.69) is 4.98 Å².